The average Bonchev–Trinajstić information content (AvgIpc) is 2.12. The molecule has 1 nitrogen and oxygen atoms in total. The Morgan fingerprint density at radius 3 is 2.47 bits per heavy atom. The van der Waals surface area contributed by atoms with E-state index in [0.717, 1.165) is 18.2 Å². The van der Waals surface area contributed by atoms with Crippen molar-refractivity contribution in [3.63, 3.8) is 0 Å². The number of hydrogen-bond acceptors (Lipinski definition) is 1. The maximum absolute atomic E-state index is 12.7. The van der Waals surface area contributed by atoms with Crippen molar-refractivity contribution < 1.29 is 17.6 Å². The van der Waals surface area contributed by atoms with Crippen molar-refractivity contribution >= 4 is 6.08 Å². The molecule has 0 aliphatic heterocycles. The molecular weight excluding hydrogens is 210 g/mol. The van der Waals surface area contributed by atoms with Crippen LogP contribution in [0, 0.1) is 5.82 Å². The highest BCUT2D eigenvalue weighted by Crippen LogP contribution is 2.32. The number of nitrogens with two attached hydrogens (primary N) is 1. The summed E-state index contributed by atoms with van der Waals surface area (Å²) in [6.07, 6.45) is -1.99. The Balaban J connectivity index is 3.21. The van der Waals surface area contributed by atoms with Gasteiger partial charge in [-0.3, -0.25) is 0 Å². The minimum Gasteiger partial charge on any atom is -0.327 e. The lowest BCUT2D eigenvalue weighted by atomic mass is 10.1. The zero-order valence-electron chi connectivity index (χ0n) is 7.68. The summed E-state index contributed by atoms with van der Waals surface area (Å²) in [6, 6.07) is 2.32. The Kier molecular flexibility index (Phi) is 3.47. The first-order chi connectivity index (χ1) is 6.95. The molecule has 0 aliphatic rings. The van der Waals surface area contributed by atoms with Crippen molar-refractivity contribution in [2.45, 2.75) is 6.18 Å². The van der Waals surface area contributed by atoms with Crippen LogP contribution in [0.3, 0.4) is 0 Å². The molecule has 0 radical (unpaired) electrons. The van der Waals surface area contributed by atoms with Crippen LogP contribution in [-0.4, -0.2) is 6.54 Å². The topological polar surface area (TPSA) is 26.0 Å². The maximum Gasteiger partial charge on any atom is 0.416 e. The van der Waals surface area contributed by atoms with Crippen LogP contribution in [0.4, 0.5) is 17.6 Å². The molecule has 0 saturated carbocycles. The van der Waals surface area contributed by atoms with Gasteiger partial charge in [0.1, 0.15) is 5.82 Å². The molecule has 0 heterocycles. The van der Waals surface area contributed by atoms with Crippen molar-refractivity contribution in [1.29, 1.82) is 0 Å². The van der Waals surface area contributed by atoms with Crippen LogP contribution < -0.4 is 5.73 Å². The molecule has 0 spiro atoms. The van der Waals surface area contributed by atoms with Crippen LogP contribution in [0.25, 0.3) is 6.08 Å². The van der Waals surface area contributed by atoms with Crippen molar-refractivity contribution in [1.82, 2.24) is 0 Å². The minimum absolute atomic E-state index is 0.105. The summed E-state index contributed by atoms with van der Waals surface area (Å²) < 4.78 is 50.0. The van der Waals surface area contributed by atoms with Crippen molar-refractivity contribution in [2.24, 2.45) is 5.73 Å². The molecule has 0 saturated heterocycles. The van der Waals surface area contributed by atoms with Gasteiger partial charge >= 0.3 is 6.18 Å². The molecule has 0 bridgehead atoms. The van der Waals surface area contributed by atoms with E-state index in [1.807, 2.05) is 0 Å². The molecule has 0 unspecified atom stereocenters. The molecule has 0 atom stereocenters. The Morgan fingerprint density at radius 1 is 1.27 bits per heavy atom. The molecule has 0 amide bonds. The van der Waals surface area contributed by atoms with Gasteiger partial charge in [0.2, 0.25) is 0 Å². The fraction of sp³-hybridized carbons (Fsp3) is 0.200. The third kappa shape index (κ3) is 3.06. The minimum atomic E-state index is -4.48. The number of hydrogen-bond donors (Lipinski definition) is 1. The van der Waals surface area contributed by atoms with Crippen molar-refractivity contribution in [3.8, 4) is 0 Å². The fourth-order valence-corrected chi connectivity index (χ4v) is 1.12. The summed E-state index contributed by atoms with van der Waals surface area (Å²) in [6.45, 7) is 0.105. The second kappa shape index (κ2) is 4.44. The van der Waals surface area contributed by atoms with E-state index in [9.17, 15) is 17.6 Å². The van der Waals surface area contributed by atoms with Gasteiger partial charge in [-0.2, -0.15) is 13.2 Å². The smallest absolute Gasteiger partial charge is 0.327 e. The van der Waals surface area contributed by atoms with E-state index >= 15 is 0 Å². The lowest BCUT2D eigenvalue weighted by molar-refractivity contribution is -0.137. The van der Waals surface area contributed by atoms with Crippen LogP contribution in [0.2, 0.25) is 0 Å². The lowest BCUT2D eigenvalue weighted by Gasteiger charge is -2.09. The Hall–Kier alpha value is -1.36. The molecule has 82 valence electrons. The van der Waals surface area contributed by atoms with E-state index < -0.39 is 17.6 Å². The summed E-state index contributed by atoms with van der Waals surface area (Å²) in [5.74, 6) is -0.709. The SMILES string of the molecule is NCC=Cc1cc(F)ccc1C(F)(F)F. The number of benzene rings is 1. The van der Waals surface area contributed by atoms with Crippen molar-refractivity contribution in [3.05, 3.63) is 41.2 Å². The maximum atomic E-state index is 12.7. The summed E-state index contributed by atoms with van der Waals surface area (Å²) >= 11 is 0. The number of rotatable bonds is 2. The lowest BCUT2D eigenvalue weighted by Crippen LogP contribution is -2.07. The normalized spacial score (nSPS) is 12.3. The molecule has 0 fully saturated rings. The summed E-state index contributed by atoms with van der Waals surface area (Å²) in [7, 11) is 0. The van der Waals surface area contributed by atoms with Gasteiger partial charge in [-0.25, -0.2) is 4.39 Å². The summed E-state index contributed by atoms with van der Waals surface area (Å²) in [5.41, 5.74) is 4.03. The predicted molar refractivity (Wildman–Crippen MR) is 49.5 cm³/mol. The average molecular weight is 219 g/mol. The molecule has 0 aliphatic carbocycles. The molecule has 15 heavy (non-hydrogen) atoms. The Morgan fingerprint density at radius 2 is 1.93 bits per heavy atom. The van der Waals surface area contributed by atoms with Gasteiger partial charge in [0.25, 0.3) is 0 Å². The second-order valence-corrected chi connectivity index (χ2v) is 2.87. The van der Waals surface area contributed by atoms with Crippen LogP contribution in [0.5, 0.6) is 0 Å². The largest absolute Gasteiger partial charge is 0.416 e. The molecule has 0 aromatic heterocycles. The monoisotopic (exact) mass is 219 g/mol. The van der Waals surface area contributed by atoms with Gasteiger partial charge in [-0.1, -0.05) is 12.2 Å². The van der Waals surface area contributed by atoms with Crippen molar-refractivity contribution in [2.75, 3.05) is 6.54 Å². The highest BCUT2D eigenvalue weighted by atomic mass is 19.4. The van der Waals surface area contributed by atoms with E-state index in [1.165, 1.54) is 6.08 Å². The van der Waals surface area contributed by atoms with Gasteiger partial charge in [-0.15, -0.1) is 0 Å². The van der Waals surface area contributed by atoms with Crippen LogP contribution >= 0.6 is 0 Å². The highest BCUT2D eigenvalue weighted by molar-refractivity contribution is 5.55. The molecule has 1 aromatic rings. The van der Waals surface area contributed by atoms with E-state index in [2.05, 4.69) is 0 Å². The van der Waals surface area contributed by atoms with Crippen LogP contribution in [0.15, 0.2) is 24.3 Å². The Bertz CT molecular complexity index is 368. The first kappa shape index (κ1) is 11.7. The number of alkyl halides is 3. The van der Waals surface area contributed by atoms with E-state index in [0.29, 0.717) is 6.07 Å². The first-order valence-corrected chi connectivity index (χ1v) is 4.18. The molecule has 1 rings (SSSR count). The first-order valence-electron chi connectivity index (χ1n) is 4.18. The van der Waals surface area contributed by atoms with E-state index in [-0.39, 0.29) is 12.1 Å². The van der Waals surface area contributed by atoms with E-state index in [1.54, 1.807) is 0 Å². The molecular formula is C10H9F4N. The summed E-state index contributed by atoms with van der Waals surface area (Å²) in [4.78, 5) is 0. The Labute approximate surface area is 84.2 Å². The standard InChI is InChI=1S/C10H9F4N/c11-8-3-4-9(10(12,13)14)7(6-8)2-1-5-15/h1-4,6H,5,15H2. The van der Waals surface area contributed by atoms with Gasteiger partial charge in [0.15, 0.2) is 0 Å². The van der Waals surface area contributed by atoms with Gasteiger partial charge < -0.3 is 5.73 Å². The zero-order valence-corrected chi connectivity index (χ0v) is 7.68. The predicted octanol–water partition coefficient (Wildman–Crippen LogP) is 2.82. The zero-order chi connectivity index (χ0) is 11.5. The quantitative estimate of drug-likeness (QED) is 0.760. The molecule has 2 N–H and O–H groups in total. The third-order valence-corrected chi connectivity index (χ3v) is 1.75. The van der Waals surface area contributed by atoms with Crippen LogP contribution in [0.1, 0.15) is 11.1 Å². The second-order valence-electron chi connectivity index (χ2n) is 2.87. The van der Waals surface area contributed by atoms with Gasteiger partial charge in [-0.05, 0) is 23.8 Å². The van der Waals surface area contributed by atoms with Gasteiger partial charge in [0.05, 0.1) is 5.56 Å². The van der Waals surface area contributed by atoms with Gasteiger partial charge in [0, 0.05) is 6.54 Å². The van der Waals surface area contributed by atoms with E-state index in [4.69, 9.17) is 5.73 Å². The fourth-order valence-electron chi connectivity index (χ4n) is 1.12. The summed E-state index contributed by atoms with van der Waals surface area (Å²) in [5, 5.41) is 0. The molecule has 5 heteroatoms. The van der Waals surface area contributed by atoms with Crippen LogP contribution in [-0.2, 0) is 6.18 Å². The molecule has 1 aromatic carbocycles. The number of halogens is 4. The third-order valence-electron chi connectivity index (χ3n) is 1.75. The highest BCUT2D eigenvalue weighted by Gasteiger charge is 2.32.